The molecule has 0 aromatic carbocycles. The number of aliphatic hydroxyl groups excluding tert-OH is 1. The van der Waals surface area contributed by atoms with E-state index in [-0.39, 0.29) is 0 Å². The largest absolute Gasteiger partial charge is 0.467 e. The van der Waals surface area contributed by atoms with Crippen molar-refractivity contribution in [3.63, 3.8) is 0 Å². The van der Waals surface area contributed by atoms with Crippen molar-refractivity contribution >= 4 is 0 Å². The molecule has 5 nitrogen and oxygen atoms in total. The molecule has 0 saturated carbocycles. The van der Waals surface area contributed by atoms with E-state index in [1.54, 1.807) is 6.26 Å². The van der Waals surface area contributed by atoms with Crippen molar-refractivity contribution in [1.82, 2.24) is 14.7 Å². The first-order chi connectivity index (χ1) is 11.6. The zero-order chi connectivity index (χ0) is 17.1. The van der Waals surface area contributed by atoms with Crippen molar-refractivity contribution in [2.24, 2.45) is 7.05 Å². The van der Waals surface area contributed by atoms with Crippen LogP contribution in [0.2, 0.25) is 0 Å². The van der Waals surface area contributed by atoms with E-state index in [0.29, 0.717) is 11.8 Å². The van der Waals surface area contributed by atoms with Crippen molar-refractivity contribution < 1.29 is 9.52 Å². The highest BCUT2D eigenvalue weighted by Gasteiger charge is 2.29. The van der Waals surface area contributed by atoms with Gasteiger partial charge in [-0.1, -0.05) is 13.8 Å². The van der Waals surface area contributed by atoms with Crippen molar-refractivity contribution in [2.45, 2.75) is 64.6 Å². The van der Waals surface area contributed by atoms with Crippen LogP contribution in [0.4, 0.5) is 0 Å². The first-order valence-electron chi connectivity index (χ1n) is 9.13. The Morgan fingerprint density at radius 3 is 2.88 bits per heavy atom. The molecule has 0 spiro atoms. The summed E-state index contributed by atoms with van der Waals surface area (Å²) in [4.78, 5) is 2.52. The molecule has 0 bridgehead atoms. The molecule has 3 heterocycles. The fraction of sp³-hybridized carbons (Fsp3) is 0.632. The third-order valence-corrected chi connectivity index (χ3v) is 5.26. The summed E-state index contributed by atoms with van der Waals surface area (Å²) in [6.07, 6.45) is 6.15. The fourth-order valence-corrected chi connectivity index (χ4v) is 4.00. The van der Waals surface area contributed by atoms with Crippen LogP contribution in [0.3, 0.4) is 0 Å². The number of rotatable bonds is 7. The Bertz CT molecular complexity index is 648. The molecule has 2 atom stereocenters. The number of aryl methyl sites for hydroxylation is 2. The van der Waals surface area contributed by atoms with E-state index >= 15 is 0 Å². The minimum atomic E-state index is -0.518. The molecule has 5 heteroatoms. The monoisotopic (exact) mass is 331 g/mol. The van der Waals surface area contributed by atoms with Crippen LogP contribution in [0.5, 0.6) is 0 Å². The molecule has 2 aromatic rings. The number of hydrogen-bond donors (Lipinski definition) is 1. The third-order valence-electron chi connectivity index (χ3n) is 5.26. The molecule has 3 rings (SSSR count). The van der Waals surface area contributed by atoms with Crippen LogP contribution < -0.4 is 0 Å². The minimum absolute atomic E-state index is 0.403. The molecular formula is C19H29N3O2. The summed E-state index contributed by atoms with van der Waals surface area (Å²) in [6.45, 7) is 6.40. The zero-order valence-electron chi connectivity index (χ0n) is 15.0. The van der Waals surface area contributed by atoms with Gasteiger partial charge in [0.25, 0.3) is 0 Å². The molecule has 132 valence electrons. The summed E-state index contributed by atoms with van der Waals surface area (Å²) < 4.78 is 7.39. The molecule has 0 amide bonds. The predicted molar refractivity (Wildman–Crippen MR) is 93.7 cm³/mol. The normalized spacial score (nSPS) is 19.9. The van der Waals surface area contributed by atoms with Gasteiger partial charge in [-0.15, -0.1) is 0 Å². The van der Waals surface area contributed by atoms with Crippen LogP contribution in [0.15, 0.2) is 22.8 Å². The molecule has 1 N–H and O–H groups in total. The summed E-state index contributed by atoms with van der Waals surface area (Å²) in [5.41, 5.74) is 3.94. The van der Waals surface area contributed by atoms with Crippen LogP contribution in [0.1, 0.15) is 61.9 Å². The van der Waals surface area contributed by atoms with E-state index < -0.39 is 6.10 Å². The second-order valence-electron chi connectivity index (χ2n) is 6.74. The summed E-state index contributed by atoms with van der Waals surface area (Å²) >= 11 is 0. The lowest BCUT2D eigenvalue weighted by atomic mass is 10.0. The second kappa shape index (κ2) is 7.53. The topological polar surface area (TPSA) is 54.4 Å². The maximum absolute atomic E-state index is 10.4. The maximum Gasteiger partial charge on any atom is 0.132 e. The number of nitrogens with zero attached hydrogens (tertiary/aromatic N) is 3. The van der Waals surface area contributed by atoms with Gasteiger partial charge in [-0.2, -0.15) is 5.10 Å². The molecule has 1 aliphatic rings. The summed E-state index contributed by atoms with van der Waals surface area (Å²) in [7, 11) is 2.05. The van der Waals surface area contributed by atoms with E-state index in [1.165, 1.54) is 23.4 Å². The summed E-state index contributed by atoms with van der Waals surface area (Å²) in [5.74, 6) is 0.673. The summed E-state index contributed by atoms with van der Waals surface area (Å²) in [6, 6.07) is 4.09. The maximum atomic E-state index is 10.4. The van der Waals surface area contributed by atoms with Gasteiger partial charge in [0, 0.05) is 30.9 Å². The van der Waals surface area contributed by atoms with Gasteiger partial charge in [-0.25, -0.2) is 0 Å². The second-order valence-corrected chi connectivity index (χ2v) is 6.74. The van der Waals surface area contributed by atoms with E-state index in [4.69, 9.17) is 9.52 Å². The molecule has 24 heavy (non-hydrogen) atoms. The van der Waals surface area contributed by atoms with Crippen molar-refractivity contribution in [1.29, 1.82) is 0 Å². The third kappa shape index (κ3) is 3.42. The highest BCUT2D eigenvalue weighted by Crippen LogP contribution is 2.30. The molecule has 1 saturated heterocycles. The lowest BCUT2D eigenvalue weighted by Gasteiger charge is -2.26. The highest BCUT2D eigenvalue weighted by molar-refractivity contribution is 5.27. The van der Waals surface area contributed by atoms with Crippen molar-refractivity contribution in [3.05, 3.63) is 41.1 Å². The molecule has 2 unspecified atom stereocenters. The average molecular weight is 331 g/mol. The van der Waals surface area contributed by atoms with Gasteiger partial charge in [0.05, 0.1) is 12.0 Å². The Kier molecular flexibility index (Phi) is 5.41. The first-order valence-corrected chi connectivity index (χ1v) is 9.13. The van der Waals surface area contributed by atoms with Crippen LogP contribution in [0, 0.1) is 0 Å². The summed E-state index contributed by atoms with van der Waals surface area (Å²) in [5, 5.41) is 15.1. The Morgan fingerprint density at radius 2 is 2.21 bits per heavy atom. The van der Waals surface area contributed by atoms with Gasteiger partial charge in [0.2, 0.25) is 0 Å². The van der Waals surface area contributed by atoms with Gasteiger partial charge in [-0.05, 0) is 50.8 Å². The Hall–Kier alpha value is -1.59. The van der Waals surface area contributed by atoms with Crippen LogP contribution in [-0.4, -0.2) is 32.4 Å². The van der Waals surface area contributed by atoms with Crippen LogP contribution in [0.25, 0.3) is 0 Å². The smallest absolute Gasteiger partial charge is 0.132 e. The lowest BCUT2D eigenvalue weighted by molar-refractivity contribution is 0.0993. The van der Waals surface area contributed by atoms with Gasteiger partial charge < -0.3 is 9.52 Å². The Morgan fingerprint density at radius 1 is 1.38 bits per heavy atom. The van der Waals surface area contributed by atoms with Gasteiger partial charge in [0.1, 0.15) is 11.9 Å². The molecule has 0 aliphatic carbocycles. The first kappa shape index (κ1) is 17.2. The predicted octanol–water partition coefficient (Wildman–Crippen LogP) is 3.23. The molecule has 2 aromatic heterocycles. The van der Waals surface area contributed by atoms with E-state index in [9.17, 15) is 5.11 Å². The van der Waals surface area contributed by atoms with E-state index in [0.717, 1.165) is 38.8 Å². The van der Waals surface area contributed by atoms with E-state index in [2.05, 4.69) is 18.7 Å². The number of aliphatic hydroxyl groups is 1. The molecule has 1 fully saturated rings. The molecule has 0 radical (unpaired) electrons. The Labute approximate surface area is 144 Å². The minimum Gasteiger partial charge on any atom is -0.467 e. The quantitative estimate of drug-likeness (QED) is 0.846. The highest BCUT2D eigenvalue weighted by atomic mass is 16.4. The molecule has 1 aliphatic heterocycles. The average Bonchev–Trinajstić information content (AvgIpc) is 3.29. The van der Waals surface area contributed by atoms with Crippen molar-refractivity contribution in [2.75, 3.05) is 6.54 Å². The Balaban J connectivity index is 1.72. The SMILES string of the molecule is CCc1nn(C)c(CC)c1CN1CCCC1CC(O)c1ccco1. The van der Waals surface area contributed by atoms with Crippen LogP contribution in [-0.2, 0) is 26.4 Å². The van der Waals surface area contributed by atoms with Crippen LogP contribution >= 0.6 is 0 Å². The number of aromatic nitrogens is 2. The zero-order valence-corrected chi connectivity index (χ0v) is 15.0. The lowest BCUT2D eigenvalue weighted by Crippen LogP contribution is -2.31. The number of hydrogen-bond acceptors (Lipinski definition) is 4. The molecular weight excluding hydrogens is 302 g/mol. The van der Waals surface area contributed by atoms with Gasteiger partial charge >= 0.3 is 0 Å². The van der Waals surface area contributed by atoms with Gasteiger partial charge in [0.15, 0.2) is 0 Å². The fourth-order valence-electron chi connectivity index (χ4n) is 4.00. The standard InChI is InChI=1S/C19H29N3O2/c1-4-16-15(17(5-2)21(3)20-16)13-22-10-6-8-14(22)12-18(23)19-9-7-11-24-19/h7,9,11,14,18,23H,4-6,8,10,12-13H2,1-3H3. The number of likely N-dealkylation sites (tertiary alicyclic amines) is 1. The van der Waals surface area contributed by atoms with E-state index in [1.807, 2.05) is 23.9 Å². The van der Waals surface area contributed by atoms with Crippen molar-refractivity contribution in [3.8, 4) is 0 Å². The van der Waals surface area contributed by atoms with Gasteiger partial charge in [-0.3, -0.25) is 9.58 Å². The number of furan rings is 1.